The molecule has 1 heterocycles. The van der Waals surface area contributed by atoms with Crippen molar-refractivity contribution in [3.05, 3.63) is 0 Å². The lowest BCUT2D eigenvalue weighted by molar-refractivity contribution is -0.150. The first-order chi connectivity index (χ1) is 7.47. The summed E-state index contributed by atoms with van der Waals surface area (Å²) in [7, 11) is 0. The third-order valence-corrected chi connectivity index (χ3v) is 2.34. The number of carbonyl (C=O) groups excluding carboxylic acids is 3. The first-order valence-electron chi connectivity index (χ1n) is 5.11. The van der Waals surface area contributed by atoms with E-state index in [1.165, 1.54) is 6.92 Å². The molecule has 16 heavy (non-hydrogen) atoms. The van der Waals surface area contributed by atoms with E-state index < -0.39 is 30.0 Å². The van der Waals surface area contributed by atoms with Crippen LogP contribution in [0.5, 0.6) is 0 Å². The topological polar surface area (TPSA) is 81.7 Å². The Bertz CT molecular complexity index is 314. The van der Waals surface area contributed by atoms with Gasteiger partial charge in [-0.15, -0.1) is 0 Å². The van der Waals surface area contributed by atoms with Gasteiger partial charge in [-0.3, -0.25) is 9.59 Å². The molecule has 1 aliphatic heterocycles. The molecule has 6 nitrogen and oxygen atoms in total. The van der Waals surface area contributed by atoms with Crippen molar-refractivity contribution in [2.24, 2.45) is 5.92 Å². The molecule has 3 atom stereocenters. The van der Waals surface area contributed by atoms with Gasteiger partial charge < -0.3 is 14.8 Å². The van der Waals surface area contributed by atoms with Gasteiger partial charge in [-0.05, 0) is 13.8 Å². The van der Waals surface area contributed by atoms with Gasteiger partial charge in [0, 0.05) is 6.92 Å². The van der Waals surface area contributed by atoms with E-state index in [4.69, 9.17) is 9.47 Å². The third kappa shape index (κ3) is 2.50. The number of nitrogens with one attached hydrogen (secondary N) is 1. The predicted octanol–water partition coefficient (Wildman–Crippen LogP) is -0.384. The van der Waals surface area contributed by atoms with Crippen LogP contribution in [0.2, 0.25) is 0 Å². The second-order valence-corrected chi connectivity index (χ2v) is 3.60. The lowest BCUT2D eigenvalue weighted by Gasteiger charge is -2.16. The average molecular weight is 229 g/mol. The minimum atomic E-state index is -0.938. The summed E-state index contributed by atoms with van der Waals surface area (Å²) >= 11 is 0. The molecule has 0 unspecified atom stereocenters. The second-order valence-electron chi connectivity index (χ2n) is 3.60. The Balaban J connectivity index is 2.80. The van der Waals surface area contributed by atoms with E-state index >= 15 is 0 Å². The quantitative estimate of drug-likeness (QED) is 0.667. The normalized spacial score (nSPS) is 28.4. The Kier molecular flexibility index (Phi) is 3.87. The predicted molar refractivity (Wildman–Crippen MR) is 53.3 cm³/mol. The lowest BCUT2D eigenvalue weighted by atomic mass is 9.97. The van der Waals surface area contributed by atoms with E-state index in [2.05, 4.69) is 5.32 Å². The van der Waals surface area contributed by atoms with E-state index in [0.717, 1.165) is 0 Å². The molecular formula is C10H15NO5. The van der Waals surface area contributed by atoms with Crippen molar-refractivity contribution in [3.63, 3.8) is 0 Å². The monoisotopic (exact) mass is 229 g/mol. The summed E-state index contributed by atoms with van der Waals surface area (Å²) in [5, 5.41) is 2.40. The van der Waals surface area contributed by atoms with Crippen molar-refractivity contribution in [3.8, 4) is 0 Å². The molecule has 0 radical (unpaired) electrons. The van der Waals surface area contributed by atoms with Crippen LogP contribution < -0.4 is 5.32 Å². The van der Waals surface area contributed by atoms with Crippen molar-refractivity contribution in [2.75, 3.05) is 6.61 Å². The summed E-state index contributed by atoms with van der Waals surface area (Å²) in [6.07, 6.45) is -0.580. The minimum Gasteiger partial charge on any atom is -0.466 e. The Morgan fingerprint density at radius 2 is 2.12 bits per heavy atom. The van der Waals surface area contributed by atoms with Crippen molar-refractivity contribution >= 4 is 17.8 Å². The van der Waals surface area contributed by atoms with Gasteiger partial charge in [-0.2, -0.15) is 0 Å². The molecule has 0 saturated carbocycles. The van der Waals surface area contributed by atoms with Gasteiger partial charge in [-0.1, -0.05) is 0 Å². The van der Waals surface area contributed by atoms with Crippen molar-refractivity contribution in [2.45, 2.75) is 32.9 Å². The molecule has 1 amide bonds. The van der Waals surface area contributed by atoms with E-state index in [1.54, 1.807) is 13.8 Å². The molecule has 0 bridgehead atoms. The van der Waals surface area contributed by atoms with Crippen molar-refractivity contribution in [1.82, 2.24) is 5.32 Å². The summed E-state index contributed by atoms with van der Waals surface area (Å²) in [4.78, 5) is 33.9. The smallest absolute Gasteiger partial charge is 0.329 e. The highest BCUT2D eigenvalue weighted by atomic mass is 16.6. The van der Waals surface area contributed by atoms with E-state index in [1.807, 2.05) is 0 Å². The van der Waals surface area contributed by atoms with Gasteiger partial charge in [0.25, 0.3) is 0 Å². The Morgan fingerprint density at radius 3 is 2.62 bits per heavy atom. The van der Waals surface area contributed by atoms with Gasteiger partial charge in [-0.25, -0.2) is 4.79 Å². The number of ether oxygens (including phenoxy) is 2. The van der Waals surface area contributed by atoms with Gasteiger partial charge in [0.2, 0.25) is 5.91 Å². The largest absolute Gasteiger partial charge is 0.466 e. The first kappa shape index (κ1) is 12.5. The molecular weight excluding hydrogens is 214 g/mol. The van der Waals surface area contributed by atoms with E-state index in [-0.39, 0.29) is 12.5 Å². The number of amides is 1. The van der Waals surface area contributed by atoms with Gasteiger partial charge in [0.15, 0.2) is 0 Å². The van der Waals surface area contributed by atoms with Crippen LogP contribution >= 0.6 is 0 Å². The molecule has 90 valence electrons. The van der Waals surface area contributed by atoms with Crippen LogP contribution in [0.4, 0.5) is 0 Å². The van der Waals surface area contributed by atoms with Crippen LogP contribution in [-0.2, 0) is 23.9 Å². The molecule has 0 aromatic carbocycles. The lowest BCUT2D eigenvalue weighted by Crippen LogP contribution is -2.45. The molecule has 0 spiro atoms. The highest BCUT2D eigenvalue weighted by Gasteiger charge is 2.48. The highest BCUT2D eigenvalue weighted by Crippen LogP contribution is 2.23. The summed E-state index contributed by atoms with van der Waals surface area (Å²) in [5.74, 6) is -2.28. The molecule has 0 aromatic heterocycles. The number of hydrogen-bond acceptors (Lipinski definition) is 5. The van der Waals surface area contributed by atoms with Crippen LogP contribution in [0, 0.1) is 5.92 Å². The molecule has 1 N–H and O–H groups in total. The fourth-order valence-electron chi connectivity index (χ4n) is 1.68. The molecule has 1 aliphatic rings. The second kappa shape index (κ2) is 4.96. The molecule has 1 fully saturated rings. The van der Waals surface area contributed by atoms with Gasteiger partial charge in [0.1, 0.15) is 18.1 Å². The zero-order valence-corrected chi connectivity index (χ0v) is 9.48. The maximum absolute atomic E-state index is 11.6. The molecule has 1 rings (SSSR count). The third-order valence-electron chi connectivity index (χ3n) is 2.34. The summed E-state index contributed by atoms with van der Waals surface area (Å²) in [5.41, 5.74) is 0. The van der Waals surface area contributed by atoms with Crippen LogP contribution in [0.25, 0.3) is 0 Å². The fourth-order valence-corrected chi connectivity index (χ4v) is 1.68. The Labute approximate surface area is 93.3 Å². The fraction of sp³-hybridized carbons (Fsp3) is 0.700. The van der Waals surface area contributed by atoms with Crippen LogP contribution in [0.3, 0.4) is 0 Å². The van der Waals surface area contributed by atoms with E-state index in [9.17, 15) is 14.4 Å². The Morgan fingerprint density at radius 1 is 1.50 bits per heavy atom. The highest BCUT2D eigenvalue weighted by molar-refractivity contribution is 5.91. The number of carbonyl (C=O) groups is 3. The van der Waals surface area contributed by atoms with Crippen molar-refractivity contribution in [1.29, 1.82) is 0 Å². The van der Waals surface area contributed by atoms with Crippen LogP contribution in [0.15, 0.2) is 0 Å². The average Bonchev–Trinajstić information content (AvgIpc) is 2.41. The number of esters is 2. The zero-order valence-electron chi connectivity index (χ0n) is 9.48. The van der Waals surface area contributed by atoms with Gasteiger partial charge >= 0.3 is 11.9 Å². The first-order valence-corrected chi connectivity index (χ1v) is 5.11. The summed E-state index contributed by atoms with van der Waals surface area (Å²) in [6.45, 7) is 4.77. The summed E-state index contributed by atoms with van der Waals surface area (Å²) in [6, 6.07) is -0.938. The Hall–Kier alpha value is -1.59. The van der Waals surface area contributed by atoms with E-state index in [0.29, 0.717) is 0 Å². The summed E-state index contributed by atoms with van der Waals surface area (Å²) < 4.78 is 9.73. The minimum absolute atomic E-state index is 0.225. The van der Waals surface area contributed by atoms with Crippen LogP contribution in [-0.4, -0.2) is 36.6 Å². The maximum Gasteiger partial charge on any atom is 0.329 e. The number of hydrogen-bond donors (Lipinski definition) is 1. The van der Waals surface area contributed by atoms with Crippen LogP contribution in [0.1, 0.15) is 20.8 Å². The molecule has 0 aliphatic carbocycles. The number of rotatable bonds is 3. The van der Waals surface area contributed by atoms with Gasteiger partial charge in [0.05, 0.1) is 6.61 Å². The molecule has 0 aromatic rings. The zero-order chi connectivity index (χ0) is 12.3. The SMILES string of the molecule is CCOC(=O)[C@@H]1[C@H](C)OC(=O)[C@@H]1NC(C)=O. The standard InChI is InChI=1S/C10H15NO5/c1-4-15-9(13)7-5(2)16-10(14)8(7)11-6(3)12/h5,7-8H,4H2,1-3H3,(H,11,12)/t5-,7+,8+/m0/s1. The molecule has 6 heteroatoms. The van der Waals surface area contributed by atoms with Crippen molar-refractivity contribution < 1.29 is 23.9 Å². The maximum atomic E-state index is 11.6. The number of cyclic esters (lactones) is 1. The molecule has 1 saturated heterocycles.